The maximum Gasteiger partial charge on any atom is 0.270 e. The summed E-state index contributed by atoms with van der Waals surface area (Å²) in [6.45, 7) is 7.88. The molecule has 0 unspecified atom stereocenters. The van der Waals surface area contributed by atoms with E-state index >= 15 is 0 Å². The highest BCUT2D eigenvalue weighted by atomic mass is 35.5. The van der Waals surface area contributed by atoms with E-state index < -0.39 is 0 Å². The van der Waals surface area contributed by atoms with Crippen molar-refractivity contribution in [1.82, 2.24) is 19.6 Å². The van der Waals surface area contributed by atoms with Crippen molar-refractivity contribution in [3.8, 4) is 17.2 Å². The summed E-state index contributed by atoms with van der Waals surface area (Å²) in [4.78, 5) is 38.1. The van der Waals surface area contributed by atoms with Gasteiger partial charge in [0.05, 0.1) is 39.3 Å². The Kier molecular flexibility index (Phi) is 16.5. The molecule has 6 rings (SSSR count). The number of aryl methyl sites for hydroxylation is 2. The minimum Gasteiger partial charge on any atom is -0.496 e. The lowest BCUT2D eigenvalue weighted by molar-refractivity contribution is -0.117. The van der Waals surface area contributed by atoms with Crippen LogP contribution in [0.25, 0.3) is 0 Å². The molecule has 1 N–H and O–H groups in total. The highest BCUT2D eigenvalue weighted by Crippen LogP contribution is 2.32. The second-order valence-electron chi connectivity index (χ2n) is 12.5. The molecule has 0 atom stereocenters. The first-order valence-corrected chi connectivity index (χ1v) is 19.0. The van der Waals surface area contributed by atoms with E-state index in [4.69, 9.17) is 37.4 Å². The third kappa shape index (κ3) is 12.3. The molecule has 13 heteroatoms. The molecule has 298 valence electrons. The van der Waals surface area contributed by atoms with Gasteiger partial charge in [0.15, 0.2) is 11.5 Å². The van der Waals surface area contributed by atoms with Gasteiger partial charge in [-0.05, 0) is 85.6 Å². The molecular weight excluding hydrogens is 765 g/mol. The van der Waals surface area contributed by atoms with Gasteiger partial charge in [-0.2, -0.15) is 10.2 Å². The predicted molar refractivity (Wildman–Crippen MR) is 227 cm³/mol. The molecule has 0 saturated carbocycles. The summed E-state index contributed by atoms with van der Waals surface area (Å²) < 4.78 is 18.9. The second kappa shape index (κ2) is 21.4. The zero-order valence-electron chi connectivity index (χ0n) is 33.1. The molecule has 2 heterocycles. The van der Waals surface area contributed by atoms with E-state index in [2.05, 4.69) is 15.5 Å². The van der Waals surface area contributed by atoms with Gasteiger partial charge in [-0.15, -0.1) is 0 Å². The number of methoxy groups -OCH3 is 3. The third-order valence-electron chi connectivity index (χ3n) is 8.45. The van der Waals surface area contributed by atoms with Crippen LogP contribution in [0.2, 0.25) is 10.0 Å². The molecule has 0 aliphatic carbocycles. The fourth-order valence-corrected chi connectivity index (χ4v) is 6.19. The van der Waals surface area contributed by atoms with Gasteiger partial charge in [0.2, 0.25) is 5.91 Å². The molecule has 0 spiro atoms. The van der Waals surface area contributed by atoms with E-state index in [0.29, 0.717) is 69.2 Å². The van der Waals surface area contributed by atoms with E-state index in [1.807, 2.05) is 81.4 Å². The van der Waals surface area contributed by atoms with Crippen LogP contribution in [-0.2, 0) is 30.7 Å². The molecule has 57 heavy (non-hydrogen) atoms. The highest BCUT2D eigenvalue weighted by Gasteiger charge is 2.15. The SMILES string of the molecule is CC.COc1cccc(Cc2cc(C)nn(Cc3ccc(Cl)cc3)c2=O)c1OC.COc1ccccc1Cc1cc(C)nn(CC(=O)Nc2ccc(Cl)cc2)c1=O. The third-order valence-corrected chi connectivity index (χ3v) is 8.95. The summed E-state index contributed by atoms with van der Waals surface area (Å²) in [5.74, 6) is 1.65. The Morgan fingerprint density at radius 2 is 1.14 bits per heavy atom. The van der Waals surface area contributed by atoms with E-state index in [-0.39, 0.29) is 23.6 Å². The summed E-state index contributed by atoms with van der Waals surface area (Å²) in [6, 6.07) is 30.9. The van der Waals surface area contributed by atoms with Crippen molar-refractivity contribution < 1.29 is 19.0 Å². The average molecular weight is 813 g/mol. The van der Waals surface area contributed by atoms with Crippen LogP contribution >= 0.6 is 23.2 Å². The largest absolute Gasteiger partial charge is 0.496 e. The molecule has 6 aromatic rings. The van der Waals surface area contributed by atoms with Gasteiger partial charge in [-0.3, -0.25) is 14.4 Å². The van der Waals surface area contributed by atoms with Crippen molar-refractivity contribution in [1.29, 1.82) is 0 Å². The smallest absolute Gasteiger partial charge is 0.270 e. The van der Waals surface area contributed by atoms with Crippen LogP contribution in [0.4, 0.5) is 5.69 Å². The van der Waals surface area contributed by atoms with Gasteiger partial charge < -0.3 is 19.5 Å². The van der Waals surface area contributed by atoms with Crippen LogP contribution < -0.4 is 30.6 Å². The minimum absolute atomic E-state index is 0.125. The van der Waals surface area contributed by atoms with Gasteiger partial charge in [-0.1, -0.05) is 79.5 Å². The molecule has 11 nitrogen and oxygen atoms in total. The maximum absolute atomic E-state index is 13.0. The average Bonchev–Trinajstić information content (AvgIpc) is 3.21. The number of para-hydroxylation sites is 2. The van der Waals surface area contributed by atoms with Gasteiger partial charge in [0.25, 0.3) is 11.1 Å². The lowest BCUT2D eigenvalue weighted by atomic mass is 10.0. The number of nitrogens with zero attached hydrogens (tertiary/aromatic N) is 4. The summed E-state index contributed by atoms with van der Waals surface area (Å²) in [6.07, 6.45) is 0.828. The first-order chi connectivity index (χ1) is 27.5. The van der Waals surface area contributed by atoms with E-state index in [1.165, 1.54) is 9.36 Å². The van der Waals surface area contributed by atoms with E-state index in [1.54, 1.807) is 70.7 Å². The number of halogens is 2. The molecule has 0 radical (unpaired) electrons. The molecular formula is C44H47Cl2N5O6. The van der Waals surface area contributed by atoms with E-state index in [0.717, 1.165) is 22.4 Å². The highest BCUT2D eigenvalue weighted by molar-refractivity contribution is 6.30. The zero-order valence-corrected chi connectivity index (χ0v) is 34.6. The summed E-state index contributed by atoms with van der Waals surface area (Å²) >= 11 is 11.8. The Bertz CT molecular complexity index is 2380. The first-order valence-electron chi connectivity index (χ1n) is 18.2. The molecule has 0 aliphatic rings. The number of aromatic nitrogens is 4. The van der Waals surface area contributed by atoms with Gasteiger partial charge in [0, 0.05) is 45.3 Å². The van der Waals surface area contributed by atoms with Crippen molar-refractivity contribution >= 4 is 34.8 Å². The molecule has 0 bridgehead atoms. The Hall–Kier alpha value is -5.91. The van der Waals surface area contributed by atoms with Crippen LogP contribution in [0.5, 0.6) is 17.2 Å². The summed E-state index contributed by atoms with van der Waals surface area (Å²) in [5, 5.41) is 12.6. The number of nitrogens with one attached hydrogen (secondary N) is 1. The van der Waals surface area contributed by atoms with Crippen LogP contribution in [-0.4, -0.2) is 46.8 Å². The molecule has 1 amide bonds. The number of hydrogen-bond donors (Lipinski definition) is 1. The quantitative estimate of drug-likeness (QED) is 0.131. The number of rotatable bonds is 12. The molecule has 2 aromatic heterocycles. The van der Waals surface area contributed by atoms with Crippen molar-refractivity contribution in [2.24, 2.45) is 0 Å². The fraction of sp³-hybridized carbons (Fsp3) is 0.250. The van der Waals surface area contributed by atoms with Gasteiger partial charge >= 0.3 is 0 Å². The first kappa shape index (κ1) is 43.8. The Labute approximate surface area is 342 Å². The van der Waals surface area contributed by atoms with Crippen LogP contribution in [0.3, 0.4) is 0 Å². The van der Waals surface area contributed by atoms with Crippen molar-refractivity contribution in [3.63, 3.8) is 0 Å². The molecule has 0 fully saturated rings. The number of amides is 1. The van der Waals surface area contributed by atoms with Crippen molar-refractivity contribution in [2.75, 3.05) is 26.6 Å². The number of carbonyl (C=O) groups is 1. The van der Waals surface area contributed by atoms with Crippen molar-refractivity contribution in [3.05, 3.63) is 173 Å². The molecule has 0 aliphatic heterocycles. The number of anilines is 1. The Morgan fingerprint density at radius 3 is 1.74 bits per heavy atom. The topological polar surface area (TPSA) is 127 Å². The van der Waals surface area contributed by atoms with Crippen LogP contribution in [0.1, 0.15) is 53.1 Å². The predicted octanol–water partition coefficient (Wildman–Crippen LogP) is 8.33. The van der Waals surface area contributed by atoms with Gasteiger partial charge in [-0.25, -0.2) is 9.36 Å². The second-order valence-corrected chi connectivity index (χ2v) is 13.4. The van der Waals surface area contributed by atoms with Crippen LogP contribution in [0.15, 0.2) is 113 Å². The zero-order chi connectivity index (χ0) is 41.5. The number of carbonyl (C=O) groups excluding carboxylic acids is 1. The molecule has 4 aromatic carbocycles. The van der Waals surface area contributed by atoms with Crippen molar-refractivity contribution in [2.45, 2.75) is 53.6 Å². The maximum atomic E-state index is 13.0. The number of hydrogen-bond acceptors (Lipinski definition) is 8. The Balaban J connectivity index is 0.000000242. The standard InChI is InChI=1S/C21H20ClN3O3.C21H21ClN2O3.C2H6/c1-14-11-16(12-15-5-3-4-6-19(15)28-2)21(27)25(24-14)13-20(26)23-18-9-7-17(22)8-10-18;1-14-11-17(12-16-5-4-6-19(26-2)20(16)27-3)21(25)24(23-14)13-15-7-9-18(22)10-8-15;1-2/h3-11H,12-13H2,1-2H3,(H,23,26);4-11H,12-13H2,1-3H3;1-2H3. The Morgan fingerprint density at radius 1 is 0.632 bits per heavy atom. The minimum atomic E-state index is -0.342. The monoisotopic (exact) mass is 811 g/mol. The summed E-state index contributed by atoms with van der Waals surface area (Å²) in [7, 11) is 4.78. The van der Waals surface area contributed by atoms with E-state index in [9.17, 15) is 14.4 Å². The number of ether oxygens (including phenoxy) is 3. The molecule has 0 saturated heterocycles. The number of benzene rings is 4. The summed E-state index contributed by atoms with van der Waals surface area (Å²) in [5.41, 5.74) is 5.56. The normalized spacial score (nSPS) is 10.3. The lowest BCUT2D eigenvalue weighted by Crippen LogP contribution is -2.32. The lowest BCUT2D eigenvalue weighted by Gasteiger charge is -2.13. The fourth-order valence-electron chi connectivity index (χ4n) is 5.94. The van der Waals surface area contributed by atoms with Gasteiger partial charge in [0.1, 0.15) is 12.3 Å². The van der Waals surface area contributed by atoms with Crippen LogP contribution in [0, 0.1) is 13.8 Å².